The van der Waals surface area contributed by atoms with Gasteiger partial charge in [0.2, 0.25) is 0 Å². The zero-order chi connectivity index (χ0) is 20.6. The van der Waals surface area contributed by atoms with Crippen molar-refractivity contribution < 1.29 is 8.42 Å². The zero-order valence-corrected chi connectivity index (χ0v) is 17.3. The number of fused-ring (bicyclic) bond motifs is 1. The molecule has 0 atom stereocenters. The Hall–Kier alpha value is -3.19. The summed E-state index contributed by atoms with van der Waals surface area (Å²) in [7, 11) is -3.65. The SMILES string of the molecule is Cc1cc2c(-c3ccc(NS(=O)(=O)c4ccc(C(C)C)cc4)cc3)ncnc2[nH]1. The van der Waals surface area contributed by atoms with E-state index in [1.807, 2.05) is 37.3 Å². The molecule has 0 aliphatic rings. The van der Waals surface area contributed by atoms with E-state index in [0.717, 1.165) is 33.5 Å². The highest BCUT2D eigenvalue weighted by molar-refractivity contribution is 7.92. The number of H-pyrrole nitrogens is 1. The average Bonchev–Trinajstić information content (AvgIpc) is 3.08. The summed E-state index contributed by atoms with van der Waals surface area (Å²) in [6.45, 7) is 6.12. The number of rotatable bonds is 5. The van der Waals surface area contributed by atoms with E-state index >= 15 is 0 Å². The molecule has 2 heterocycles. The molecule has 2 N–H and O–H groups in total. The first-order chi connectivity index (χ1) is 13.8. The third kappa shape index (κ3) is 3.86. The van der Waals surface area contributed by atoms with Crippen LogP contribution in [0.1, 0.15) is 31.0 Å². The van der Waals surface area contributed by atoms with Gasteiger partial charge in [0.1, 0.15) is 12.0 Å². The number of sulfonamides is 1. The molecule has 2 aromatic heterocycles. The summed E-state index contributed by atoms with van der Waals surface area (Å²) in [4.78, 5) is 12.1. The number of hydrogen-bond donors (Lipinski definition) is 2. The lowest BCUT2D eigenvalue weighted by atomic mass is 10.0. The fourth-order valence-corrected chi connectivity index (χ4v) is 4.30. The summed E-state index contributed by atoms with van der Waals surface area (Å²) >= 11 is 0. The molecule has 29 heavy (non-hydrogen) atoms. The van der Waals surface area contributed by atoms with Crippen LogP contribution in [0.4, 0.5) is 5.69 Å². The number of aromatic amines is 1. The van der Waals surface area contributed by atoms with Gasteiger partial charge in [-0.15, -0.1) is 0 Å². The van der Waals surface area contributed by atoms with E-state index in [4.69, 9.17) is 0 Å². The van der Waals surface area contributed by atoms with Crippen molar-refractivity contribution in [2.75, 3.05) is 4.72 Å². The third-order valence-corrected chi connectivity index (χ3v) is 6.23. The molecule has 0 aliphatic heterocycles. The van der Waals surface area contributed by atoms with E-state index < -0.39 is 10.0 Å². The molecule has 0 aliphatic carbocycles. The highest BCUT2D eigenvalue weighted by Crippen LogP contribution is 2.27. The summed E-state index contributed by atoms with van der Waals surface area (Å²) in [6.07, 6.45) is 1.52. The first-order valence-electron chi connectivity index (χ1n) is 9.37. The maximum atomic E-state index is 12.7. The predicted molar refractivity (Wildman–Crippen MR) is 115 cm³/mol. The second-order valence-electron chi connectivity index (χ2n) is 7.34. The van der Waals surface area contributed by atoms with Crippen molar-refractivity contribution in [3.63, 3.8) is 0 Å². The number of aromatic nitrogens is 3. The van der Waals surface area contributed by atoms with Gasteiger partial charge in [0.05, 0.1) is 10.6 Å². The molecule has 0 saturated carbocycles. The van der Waals surface area contributed by atoms with Crippen LogP contribution in [0.25, 0.3) is 22.3 Å². The fraction of sp³-hybridized carbons (Fsp3) is 0.182. The zero-order valence-electron chi connectivity index (χ0n) is 16.5. The normalized spacial score (nSPS) is 11.9. The van der Waals surface area contributed by atoms with Gasteiger partial charge in [-0.05, 0) is 48.7 Å². The molecule has 148 valence electrons. The second kappa shape index (κ2) is 7.33. The molecule has 0 amide bonds. The molecule has 0 fully saturated rings. The van der Waals surface area contributed by atoms with Gasteiger partial charge in [-0.25, -0.2) is 18.4 Å². The van der Waals surface area contributed by atoms with Crippen molar-refractivity contribution in [2.24, 2.45) is 0 Å². The monoisotopic (exact) mass is 406 g/mol. The Kier molecular flexibility index (Phi) is 4.84. The summed E-state index contributed by atoms with van der Waals surface area (Å²) in [6, 6.07) is 16.2. The first-order valence-corrected chi connectivity index (χ1v) is 10.9. The topological polar surface area (TPSA) is 87.7 Å². The number of nitrogens with zero attached hydrogens (tertiary/aromatic N) is 2. The lowest BCUT2D eigenvalue weighted by Crippen LogP contribution is -2.12. The number of aryl methyl sites for hydroxylation is 1. The van der Waals surface area contributed by atoms with Gasteiger partial charge in [-0.2, -0.15) is 0 Å². The van der Waals surface area contributed by atoms with E-state index in [9.17, 15) is 8.42 Å². The molecule has 6 nitrogen and oxygen atoms in total. The summed E-state index contributed by atoms with van der Waals surface area (Å²) < 4.78 is 28.0. The molecule has 4 aromatic rings. The Labute approximate surface area is 170 Å². The van der Waals surface area contributed by atoms with Crippen LogP contribution < -0.4 is 4.72 Å². The number of hydrogen-bond acceptors (Lipinski definition) is 4. The molecule has 7 heteroatoms. The largest absolute Gasteiger partial charge is 0.343 e. The van der Waals surface area contributed by atoms with Crippen molar-refractivity contribution in [3.8, 4) is 11.3 Å². The van der Waals surface area contributed by atoms with Crippen LogP contribution in [0.5, 0.6) is 0 Å². The minimum atomic E-state index is -3.65. The van der Waals surface area contributed by atoms with Crippen molar-refractivity contribution in [1.29, 1.82) is 0 Å². The lowest BCUT2D eigenvalue weighted by molar-refractivity contribution is 0.601. The minimum absolute atomic E-state index is 0.242. The first kappa shape index (κ1) is 19.1. The van der Waals surface area contributed by atoms with E-state index in [1.54, 1.807) is 24.3 Å². The van der Waals surface area contributed by atoms with Crippen molar-refractivity contribution in [1.82, 2.24) is 15.0 Å². The molecule has 0 bridgehead atoms. The molecular weight excluding hydrogens is 384 g/mol. The van der Waals surface area contributed by atoms with Crippen LogP contribution in [0.2, 0.25) is 0 Å². The summed E-state index contributed by atoms with van der Waals surface area (Å²) in [5.74, 6) is 0.351. The highest BCUT2D eigenvalue weighted by atomic mass is 32.2. The fourth-order valence-electron chi connectivity index (χ4n) is 3.24. The maximum Gasteiger partial charge on any atom is 0.261 e. The van der Waals surface area contributed by atoms with E-state index in [0.29, 0.717) is 11.6 Å². The standard InChI is InChI=1S/C22H22N4O2S/c1-14(2)16-6-10-19(11-7-16)29(27,28)26-18-8-4-17(5-9-18)21-20-12-15(3)25-22(20)24-13-23-21/h4-14,26H,1-3H3,(H,23,24,25). The Morgan fingerprint density at radius 1 is 0.966 bits per heavy atom. The number of anilines is 1. The molecule has 0 saturated heterocycles. The smallest absolute Gasteiger partial charge is 0.261 e. The van der Waals surface area contributed by atoms with Crippen LogP contribution in [-0.2, 0) is 10.0 Å². The van der Waals surface area contributed by atoms with Crippen LogP contribution >= 0.6 is 0 Å². The summed E-state index contributed by atoms with van der Waals surface area (Å²) in [5.41, 5.74) is 5.08. The van der Waals surface area contributed by atoms with Crippen LogP contribution in [-0.4, -0.2) is 23.4 Å². The van der Waals surface area contributed by atoms with Gasteiger partial charge in [0, 0.05) is 22.3 Å². The Bertz CT molecular complexity index is 1260. The summed E-state index contributed by atoms with van der Waals surface area (Å²) in [5, 5.41) is 0.934. The number of benzene rings is 2. The van der Waals surface area contributed by atoms with Crippen molar-refractivity contribution >= 4 is 26.7 Å². The molecule has 0 spiro atoms. The lowest BCUT2D eigenvalue weighted by Gasteiger charge is -2.11. The maximum absolute atomic E-state index is 12.7. The van der Waals surface area contributed by atoms with Crippen LogP contribution in [0, 0.1) is 6.92 Å². The Morgan fingerprint density at radius 2 is 1.66 bits per heavy atom. The number of nitrogens with one attached hydrogen (secondary N) is 2. The second-order valence-corrected chi connectivity index (χ2v) is 9.03. The Balaban J connectivity index is 1.59. The van der Waals surface area contributed by atoms with Crippen molar-refractivity contribution in [2.45, 2.75) is 31.6 Å². The van der Waals surface area contributed by atoms with Gasteiger partial charge in [-0.3, -0.25) is 4.72 Å². The van der Waals surface area contributed by atoms with Gasteiger partial charge < -0.3 is 4.98 Å². The predicted octanol–water partition coefficient (Wildman–Crippen LogP) is 4.86. The highest BCUT2D eigenvalue weighted by Gasteiger charge is 2.15. The van der Waals surface area contributed by atoms with Gasteiger partial charge in [0.15, 0.2) is 0 Å². The minimum Gasteiger partial charge on any atom is -0.343 e. The average molecular weight is 407 g/mol. The quantitative estimate of drug-likeness (QED) is 0.495. The van der Waals surface area contributed by atoms with Gasteiger partial charge >= 0.3 is 0 Å². The molecule has 2 aromatic carbocycles. The van der Waals surface area contributed by atoms with E-state index in [1.165, 1.54) is 6.33 Å². The van der Waals surface area contributed by atoms with E-state index in [-0.39, 0.29) is 4.90 Å². The van der Waals surface area contributed by atoms with Crippen molar-refractivity contribution in [3.05, 3.63) is 72.2 Å². The van der Waals surface area contributed by atoms with Gasteiger partial charge in [-0.1, -0.05) is 38.1 Å². The third-order valence-electron chi connectivity index (χ3n) is 4.83. The molecule has 0 radical (unpaired) electrons. The van der Waals surface area contributed by atoms with E-state index in [2.05, 4.69) is 33.5 Å². The van der Waals surface area contributed by atoms with Crippen LogP contribution in [0.15, 0.2) is 65.8 Å². The molecule has 0 unspecified atom stereocenters. The van der Waals surface area contributed by atoms with Crippen LogP contribution in [0.3, 0.4) is 0 Å². The molecular formula is C22H22N4O2S. The Morgan fingerprint density at radius 3 is 2.31 bits per heavy atom. The van der Waals surface area contributed by atoms with Gasteiger partial charge in [0.25, 0.3) is 10.0 Å². The molecule has 4 rings (SSSR count).